The van der Waals surface area contributed by atoms with Crippen LogP contribution in [0, 0.1) is 0 Å². The van der Waals surface area contributed by atoms with Crippen molar-refractivity contribution in [2.75, 3.05) is 4.90 Å². The second-order valence-corrected chi connectivity index (χ2v) is 16.0. The second-order valence-electron chi connectivity index (χ2n) is 16.0. The van der Waals surface area contributed by atoms with Gasteiger partial charge in [0.15, 0.2) is 0 Å². The van der Waals surface area contributed by atoms with Gasteiger partial charge in [-0.2, -0.15) is 0 Å². The number of hydrogen-bond acceptors (Lipinski definition) is 2. The van der Waals surface area contributed by atoms with E-state index < -0.39 is 5.41 Å². The summed E-state index contributed by atoms with van der Waals surface area (Å²) in [6.07, 6.45) is 0. The van der Waals surface area contributed by atoms with Gasteiger partial charge in [0.1, 0.15) is 11.2 Å². The zero-order chi connectivity index (χ0) is 40.3. The third kappa shape index (κ3) is 5.50. The average molecular weight is 778 g/mol. The zero-order valence-corrected chi connectivity index (χ0v) is 33.4. The molecule has 0 spiro atoms. The van der Waals surface area contributed by atoms with E-state index >= 15 is 0 Å². The molecule has 0 N–H and O–H groups in total. The molecule has 0 amide bonds. The van der Waals surface area contributed by atoms with Gasteiger partial charge in [0, 0.05) is 39.5 Å². The summed E-state index contributed by atoms with van der Waals surface area (Å²) in [5, 5.41) is 4.58. The van der Waals surface area contributed by atoms with E-state index in [0.29, 0.717) is 0 Å². The number of furan rings is 1. The fourth-order valence-corrected chi connectivity index (χ4v) is 10.0. The van der Waals surface area contributed by atoms with E-state index in [1.54, 1.807) is 0 Å². The van der Waals surface area contributed by atoms with Gasteiger partial charge in [0.05, 0.1) is 5.41 Å². The summed E-state index contributed by atoms with van der Waals surface area (Å²) in [5.41, 5.74) is 16.6. The van der Waals surface area contributed by atoms with Gasteiger partial charge in [0.2, 0.25) is 0 Å². The monoisotopic (exact) mass is 777 g/mol. The van der Waals surface area contributed by atoms with Crippen LogP contribution in [-0.4, -0.2) is 0 Å². The number of anilines is 3. The maximum absolute atomic E-state index is 7.02. The fourth-order valence-electron chi connectivity index (χ4n) is 10.0. The predicted octanol–water partition coefficient (Wildman–Crippen LogP) is 15.9. The Kier molecular flexibility index (Phi) is 8.11. The molecule has 10 aromatic carbocycles. The molecule has 0 fully saturated rings. The first-order valence-corrected chi connectivity index (χ1v) is 21.0. The number of hydrogen-bond donors (Lipinski definition) is 0. The highest BCUT2D eigenvalue weighted by molar-refractivity contribution is 6.18. The van der Waals surface area contributed by atoms with Crippen LogP contribution in [0.1, 0.15) is 22.3 Å². The maximum Gasteiger partial charge on any atom is 0.143 e. The van der Waals surface area contributed by atoms with Gasteiger partial charge in [-0.25, -0.2) is 0 Å². The quantitative estimate of drug-likeness (QED) is 0.160. The Labute approximate surface area is 355 Å². The Hall–Kier alpha value is -7.94. The molecule has 2 nitrogen and oxygen atoms in total. The Balaban J connectivity index is 1.10. The summed E-state index contributed by atoms with van der Waals surface area (Å²) in [4.78, 5) is 2.39. The highest BCUT2D eigenvalue weighted by Crippen LogP contribution is 2.57. The molecule has 0 unspecified atom stereocenters. The van der Waals surface area contributed by atoms with E-state index in [1.165, 1.54) is 55.3 Å². The lowest BCUT2D eigenvalue weighted by Crippen LogP contribution is -2.28. The van der Waals surface area contributed by atoms with Crippen molar-refractivity contribution < 1.29 is 4.42 Å². The zero-order valence-electron chi connectivity index (χ0n) is 33.4. The fraction of sp³-hybridized carbons (Fsp3) is 0.0169. The Bertz CT molecular complexity index is 3350. The van der Waals surface area contributed by atoms with Crippen molar-refractivity contribution in [3.63, 3.8) is 0 Å². The van der Waals surface area contributed by atoms with Crippen LogP contribution < -0.4 is 4.90 Å². The van der Waals surface area contributed by atoms with Crippen molar-refractivity contribution in [3.05, 3.63) is 259 Å². The summed E-state index contributed by atoms with van der Waals surface area (Å²) in [6, 6.07) is 85.8. The minimum Gasteiger partial charge on any atom is -0.455 e. The number of rotatable bonds is 7. The molecule has 1 aliphatic carbocycles. The molecule has 0 saturated carbocycles. The molecule has 11 aromatic rings. The molecular formula is C59H39NO. The Morgan fingerprint density at radius 2 is 0.885 bits per heavy atom. The van der Waals surface area contributed by atoms with Crippen LogP contribution in [0.5, 0.6) is 0 Å². The maximum atomic E-state index is 7.02. The lowest BCUT2D eigenvalue weighted by molar-refractivity contribution is 0.670. The molecule has 0 atom stereocenters. The van der Waals surface area contributed by atoms with Crippen LogP contribution in [0.3, 0.4) is 0 Å². The summed E-state index contributed by atoms with van der Waals surface area (Å²) < 4.78 is 7.02. The minimum absolute atomic E-state index is 0.522. The SMILES string of the molecule is c1ccc(-c2ccc(N(c3ccc4c(c3)C(c3ccccc3)(c3ccccc3)c3ccccc3-4)c3ccc4c(c3)oc3c(-c5ccccc5)c5ccccc5cc34)cc2)cc1. The summed E-state index contributed by atoms with van der Waals surface area (Å²) in [6.45, 7) is 0. The number of nitrogens with zero attached hydrogens (tertiary/aromatic N) is 1. The van der Waals surface area contributed by atoms with Gasteiger partial charge in [-0.15, -0.1) is 0 Å². The number of fused-ring (bicyclic) bond motifs is 7. The largest absolute Gasteiger partial charge is 0.455 e. The second kappa shape index (κ2) is 14.1. The van der Waals surface area contributed by atoms with Crippen LogP contribution in [0.25, 0.3) is 66.1 Å². The van der Waals surface area contributed by atoms with Crippen LogP contribution >= 0.6 is 0 Å². The third-order valence-electron chi connectivity index (χ3n) is 12.7. The highest BCUT2D eigenvalue weighted by atomic mass is 16.3. The average Bonchev–Trinajstić information content (AvgIpc) is 3.85. The molecule has 0 aliphatic heterocycles. The molecule has 12 rings (SSSR count). The minimum atomic E-state index is -0.522. The van der Waals surface area contributed by atoms with E-state index in [2.05, 4.69) is 241 Å². The summed E-state index contributed by atoms with van der Waals surface area (Å²) in [5.74, 6) is 0. The van der Waals surface area contributed by atoms with Crippen LogP contribution in [0.4, 0.5) is 17.1 Å². The Morgan fingerprint density at radius 1 is 0.344 bits per heavy atom. The highest BCUT2D eigenvalue weighted by Gasteiger charge is 2.46. The Morgan fingerprint density at radius 3 is 1.61 bits per heavy atom. The van der Waals surface area contributed by atoms with Gasteiger partial charge >= 0.3 is 0 Å². The topological polar surface area (TPSA) is 16.4 Å². The van der Waals surface area contributed by atoms with Gasteiger partial charge in [-0.3, -0.25) is 0 Å². The van der Waals surface area contributed by atoms with Crippen molar-refractivity contribution in [1.29, 1.82) is 0 Å². The van der Waals surface area contributed by atoms with Crippen molar-refractivity contribution in [2.45, 2.75) is 5.41 Å². The summed E-state index contributed by atoms with van der Waals surface area (Å²) in [7, 11) is 0. The van der Waals surface area contributed by atoms with E-state index in [0.717, 1.165) is 50.1 Å². The van der Waals surface area contributed by atoms with E-state index in [1.807, 2.05) is 0 Å². The lowest BCUT2D eigenvalue weighted by atomic mass is 9.67. The predicted molar refractivity (Wildman–Crippen MR) is 254 cm³/mol. The van der Waals surface area contributed by atoms with Gasteiger partial charge in [-0.1, -0.05) is 188 Å². The third-order valence-corrected chi connectivity index (χ3v) is 12.7. The van der Waals surface area contributed by atoms with E-state index in [4.69, 9.17) is 4.42 Å². The van der Waals surface area contributed by atoms with E-state index in [-0.39, 0.29) is 0 Å². The smallest absolute Gasteiger partial charge is 0.143 e. The van der Waals surface area contributed by atoms with Crippen molar-refractivity contribution in [2.24, 2.45) is 0 Å². The normalized spacial score (nSPS) is 12.7. The van der Waals surface area contributed by atoms with Crippen LogP contribution in [0.15, 0.2) is 241 Å². The first kappa shape index (κ1) is 35.0. The van der Waals surface area contributed by atoms with Gasteiger partial charge in [-0.05, 0) is 103 Å². The molecule has 0 radical (unpaired) electrons. The molecule has 0 saturated heterocycles. The molecule has 0 bridgehead atoms. The molecular weight excluding hydrogens is 739 g/mol. The van der Waals surface area contributed by atoms with Crippen molar-refractivity contribution >= 4 is 49.8 Å². The first-order chi connectivity index (χ1) is 30.3. The molecule has 61 heavy (non-hydrogen) atoms. The molecule has 1 aromatic heterocycles. The van der Waals surface area contributed by atoms with Crippen LogP contribution in [-0.2, 0) is 5.41 Å². The number of benzene rings is 10. The molecule has 2 heteroatoms. The van der Waals surface area contributed by atoms with Crippen molar-refractivity contribution in [3.8, 4) is 33.4 Å². The van der Waals surface area contributed by atoms with Crippen LogP contribution in [0.2, 0.25) is 0 Å². The molecule has 286 valence electrons. The summed E-state index contributed by atoms with van der Waals surface area (Å²) >= 11 is 0. The van der Waals surface area contributed by atoms with Gasteiger partial charge in [0.25, 0.3) is 0 Å². The van der Waals surface area contributed by atoms with Gasteiger partial charge < -0.3 is 9.32 Å². The van der Waals surface area contributed by atoms with Crippen molar-refractivity contribution in [1.82, 2.24) is 0 Å². The first-order valence-electron chi connectivity index (χ1n) is 21.0. The molecule has 1 heterocycles. The van der Waals surface area contributed by atoms with E-state index in [9.17, 15) is 0 Å². The standard InChI is InChI=1S/C59H39NO/c1-5-17-40(18-6-1)41-29-31-46(32-30-41)60(48-34-36-52-53-37-43-21-13-14-26-49(43)57(42-19-7-2-8-20-42)58(53)61-56(52)39-48)47-33-35-51-50-27-15-16-28-54(50)59(55(51)38-47,44-22-9-3-10-23-44)45-24-11-4-12-25-45/h1-39H. The molecule has 1 aliphatic rings. The lowest BCUT2D eigenvalue weighted by Gasteiger charge is -2.35.